The molecule has 0 spiro atoms. The van der Waals surface area contributed by atoms with E-state index in [0.29, 0.717) is 18.1 Å². The van der Waals surface area contributed by atoms with E-state index in [9.17, 15) is 14.0 Å². The second kappa shape index (κ2) is 12.0. The molecule has 1 N–H and O–H groups in total. The Morgan fingerprint density at radius 3 is 2.15 bits per heavy atom. The number of rotatable bonds is 10. The molecule has 0 bridgehead atoms. The summed E-state index contributed by atoms with van der Waals surface area (Å²) in [5.41, 5.74) is 2.83. The van der Waals surface area contributed by atoms with E-state index < -0.39 is 6.04 Å². The molecule has 178 valence electrons. The zero-order valence-corrected chi connectivity index (χ0v) is 19.8. The van der Waals surface area contributed by atoms with Crippen LogP contribution in [-0.4, -0.2) is 36.4 Å². The van der Waals surface area contributed by atoms with Crippen molar-refractivity contribution in [2.75, 3.05) is 13.7 Å². The molecule has 1 atom stereocenters. The Balaban J connectivity index is 1.83. The third-order valence-corrected chi connectivity index (χ3v) is 5.69. The number of carbonyl (C=O) groups is 2. The van der Waals surface area contributed by atoms with Gasteiger partial charge in [-0.05, 0) is 46.9 Å². The highest BCUT2D eigenvalue weighted by Gasteiger charge is 2.30. The van der Waals surface area contributed by atoms with E-state index in [1.54, 1.807) is 19.2 Å². The van der Waals surface area contributed by atoms with Crippen molar-refractivity contribution < 1.29 is 18.7 Å². The fraction of sp³-hybridized carbons (Fsp3) is 0.286. The fourth-order valence-corrected chi connectivity index (χ4v) is 3.68. The van der Waals surface area contributed by atoms with Crippen LogP contribution in [0.2, 0.25) is 0 Å². The predicted molar refractivity (Wildman–Crippen MR) is 131 cm³/mol. The summed E-state index contributed by atoms with van der Waals surface area (Å²) in [6, 6.07) is 22.3. The third kappa shape index (κ3) is 6.91. The zero-order valence-electron chi connectivity index (χ0n) is 19.8. The molecular weight excluding hydrogens is 431 g/mol. The Morgan fingerprint density at radius 2 is 1.56 bits per heavy atom. The maximum atomic E-state index is 13.4. The van der Waals surface area contributed by atoms with Crippen LogP contribution in [0.1, 0.15) is 36.5 Å². The van der Waals surface area contributed by atoms with Gasteiger partial charge in [0.15, 0.2) is 6.61 Å². The monoisotopic (exact) mass is 462 g/mol. The minimum Gasteiger partial charge on any atom is -0.484 e. The lowest BCUT2D eigenvalue weighted by Crippen LogP contribution is -2.51. The summed E-state index contributed by atoms with van der Waals surface area (Å²) in [4.78, 5) is 27.7. The number of ether oxygens (including phenoxy) is 1. The van der Waals surface area contributed by atoms with E-state index >= 15 is 0 Å². The second-order valence-corrected chi connectivity index (χ2v) is 8.48. The van der Waals surface area contributed by atoms with Crippen LogP contribution in [0.3, 0.4) is 0 Å². The number of halogens is 1. The summed E-state index contributed by atoms with van der Waals surface area (Å²) in [5, 5.41) is 2.67. The van der Waals surface area contributed by atoms with Crippen molar-refractivity contribution in [3.05, 3.63) is 101 Å². The Morgan fingerprint density at radius 1 is 0.912 bits per heavy atom. The van der Waals surface area contributed by atoms with E-state index in [0.717, 1.165) is 11.1 Å². The molecule has 2 amide bonds. The molecular formula is C28H31FN2O3. The van der Waals surface area contributed by atoms with E-state index in [2.05, 4.69) is 19.2 Å². The number of likely N-dealkylation sites (N-methyl/N-ethyl adjacent to an activating group) is 1. The van der Waals surface area contributed by atoms with Crippen LogP contribution in [0.4, 0.5) is 4.39 Å². The molecule has 6 heteroatoms. The van der Waals surface area contributed by atoms with Gasteiger partial charge in [0.25, 0.3) is 5.91 Å². The molecule has 0 saturated carbocycles. The van der Waals surface area contributed by atoms with Gasteiger partial charge in [-0.3, -0.25) is 9.59 Å². The molecule has 0 fully saturated rings. The van der Waals surface area contributed by atoms with Crippen molar-refractivity contribution in [1.82, 2.24) is 10.2 Å². The first-order valence-corrected chi connectivity index (χ1v) is 11.4. The molecule has 34 heavy (non-hydrogen) atoms. The SMILES string of the molecule is CNC(=O)C(Cc1ccccc1)N(Cc1ccc(F)cc1)C(=O)COc1ccc(C(C)C)cc1. The van der Waals surface area contributed by atoms with Gasteiger partial charge in [-0.15, -0.1) is 0 Å². The van der Waals surface area contributed by atoms with Gasteiger partial charge < -0.3 is 15.0 Å². The Kier molecular flexibility index (Phi) is 8.79. The maximum absolute atomic E-state index is 13.4. The van der Waals surface area contributed by atoms with Gasteiger partial charge in [-0.25, -0.2) is 4.39 Å². The predicted octanol–water partition coefficient (Wildman–Crippen LogP) is 4.71. The van der Waals surface area contributed by atoms with E-state index in [1.807, 2.05) is 54.6 Å². The number of nitrogens with one attached hydrogen (secondary N) is 1. The number of nitrogens with zero attached hydrogens (tertiary/aromatic N) is 1. The van der Waals surface area contributed by atoms with Gasteiger partial charge in [-0.1, -0.05) is 68.4 Å². The third-order valence-electron chi connectivity index (χ3n) is 5.69. The molecule has 0 aliphatic heterocycles. The fourth-order valence-electron chi connectivity index (χ4n) is 3.68. The van der Waals surface area contributed by atoms with Crippen LogP contribution in [0.5, 0.6) is 5.75 Å². The van der Waals surface area contributed by atoms with Crippen molar-refractivity contribution in [3.63, 3.8) is 0 Å². The van der Waals surface area contributed by atoms with Gasteiger partial charge >= 0.3 is 0 Å². The van der Waals surface area contributed by atoms with Crippen LogP contribution < -0.4 is 10.1 Å². The highest BCUT2D eigenvalue weighted by Crippen LogP contribution is 2.20. The number of hydrogen-bond donors (Lipinski definition) is 1. The first-order valence-electron chi connectivity index (χ1n) is 11.4. The normalized spacial score (nSPS) is 11.7. The first-order chi connectivity index (χ1) is 16.4. The number of benzene rings is 3. The van der Waals surface area contributed by atoms with Gasteiger partial charge in [0.1, 0.15) is 17.6 Å². The standard InChI is InChI=1S/C28H31FN2O3/c1-20(2)23-11-15-25(16-12-23)34-19-27(32)31(18-22-9-13-24(29)14-10-22)26(28(33)30-3)17-21-7-5-4-6-8-21/h4-16,20,26H,17-19H2,1-3H3,(H,30,33). The van der Waals surface area contributed by atoms with Crippen LogP contribution in [0, 0.1) is 5.82 Å². The first kappa shape index (κ1) is 25.0. The highest BCUT2D eigenvalue weighted by molar-refractivity contribution is 5.88. The van der Waals surface area contributed by atoms with Gasteiger partial charge in [0, 0.05) is 20.0 Å². The quantitative estimate of drug-likeness (QED) is 0.475. The summed E-state index contributed by atoms with van der Waals surface area (Å²) in [5.74, 6) is 0.0107. The smallest absolute Gasteiger partial charge is 0.261 e. The molecule has 0 aliphatic carbocycles. The van der Waals surface area contributed by atoms with E-state index in [1.165, 1.54) is 22.6 Å². The highest BCUT2D eigenvalue weighted by atomic mass is 19.1. The Hall–Kier alpha value is -3.67. The van der Waals surface area contributed by atoms with Crippen molar-refractivity contribution in [2.24, 2.45) is 0 Å². The maximum Gasteiger partial charge on any atom is 0.261 e. The van der Waals surface area contributed by atoms with Crippen LogP contribution >= 0.6 is 0 Å². The molecule has 0 aromatic heterocycles. The van der Waals surface area contributed by atoms with Crippen LogP contribution in [0.15, 0.2) is 78.9 Å². The molecule has 3 aromatic carbocycles. The van der Waals surface area contributed by atoms with Crippen molar-refractivity contribution >= 4 is 11.8 Å². The average Bonchev–Trinajstić information content (AvgIpc) is 2.86. The molecule has 0 saturated heterocycles. The lowest BCUT2D eigenvalue weighted by molar-refractivity contribution is -0.142. The number of amides is 2. The summed E-state index contributed by atoms with van der Waals surface area (Å²) >= 11 is 0. The summed E-state index contributed by atoms with van der Waals surface area (Å²) < 4.78 is 19.2. The lowest BCUT2D eigenvalue weighted by atomic mass is 10.0. The van der Waals surface area contributed by atoms with E-state index in [-0.39, 0.29) is 30.8 Å². The Labute approximate surface area is 200 Å². The average molecular weight is 463 g/mol. The number of hydrogen-bond acceptors (Lipinski definition) is 3. The summed E-state index contributed by atoms with van der Waals surface area (Å²) in [7, 11) is 1.55. The number of carbonyl (C=O) groups excluding carboxylic acids is 2. The van der Waals surface area contributed by atoms with Gasteiger partial charge in [0.2, 0.25) is 5.91 Å². The second-order valence-electron chi connectivity index (χ2n) is 8.48. The van der Waals surface area contributed by atoms with Crippen LogP contribution in [0.25, 0.3) is 0 Å². The molecule has 1 unspecified atom stereocenters. The Bertz CT molecular complexity index is 1070. The molecule has 0 radical (unpaired) electrons. The van der Waals surface area contributed by atoms with E-state index in [4.69, 9.17) is 4.74 Å². The molecule has 3 aromatic rings. The minimum absolute atomic E-state index is 0.152. The zero-order chi connectivity index (χ0) is 24.5. The minimum atomic E-state index is -0.753. The topological polar surface area (TPSA) is 58.6 Å². The summed E-state index contributed by atoms with van der Waals surface area (Å²) in [6.07, 6.45) is 0.344. The molecule has 3 rings (SSSR count). The van der Waals surface area contributed by atoms with Crippen LogP contribution in [-0.2, 0) is 22.6 Å². The molecule has 0 aliphatic rings. The molecule has 0 heterocycles. The van der Waals surface area contributed by atoms with Crippen molar-refractivity contribution in [2.45, 2.75) is 38.8 Å². The van der Waals surface area contributed by atoms with Crippen molar-refractivity contribution in [3.8, 4) is 5.75 Å². The summed E-state index contributed by atoms with van der Waals surface area (Å²) in [6.45, 7) is 4.15. The molecule has 5 nitrogen and oxygen atoms in total. The van der Waals surface area contributed by atoms with Crippen molar-refractivity contribution in [1.29, 1.82) is 0 Å². The van der Waals surface area contributed by atoms with Gasteiger partial charge in [0.05, 0.1) is 0 Å². The van der Waals surface area contributed by atoms with Gasteiger partial charge in [-0.2, -0.15) is 0 Å². The lowest BCUT2D eigenvalue weighted by Gasteiger charge is -2.31. The largest absolute Gasteiger partial charge is 0.484 e.